The zero-order chi connectivity index (χ0) is 20.7. The van der Waals surface area contributed by atoms with E-state index in [9.17, 15) is 14.4 Å². The first-order valence-corrected chi connectivity index (χ1v) is 9.96. The molecule has 0 bridgehead atoms. The summed E-state index contributed by atoms with van der Waals surface area (Å²) in [6.07, 6.45) is 0.0535. The Hall–Kier alpha value is -2.74. The van der Waals surface area contributed by atoms with Crippen LogP contribution in [0.1, 0.15) is 42.4 Å². The maximum Gasteiger partial charge on any atom is 0.311 e. The number of nitrogens with zero attached hydrogens (tertiary/aromatic N) is 1. The average molecular weight is 404 g/mol. The fraction of sp³-hybridized carbons (Fsp3) is 0.400. The highest BCUT2D eigenvalue weighted by atomic mass is 32.1. The van der Waals surface area contributed by atoms with Crippen LogP contribution in [-0.4, -0.2) is 35.4 Å². The van der Waals surface area contributed by atoms with Gasteiger partial charge in [-0.3, -0.25) is 14.4 Å². The molecule has 2 N–H and O–H groups in total. The number of nitrogens with one attached hydrogen (secondary N) is 2. The fourth-order valence-corrected chi connectivity index (χ4v) is 3.25. The third kappa shape index (κ3) is 6.16. The van der Waals surface area contributed by atoms with Crippen LogP contribution in [0.4, 0.5) is 5.13 Å². The molecular weight excluding hydrogens is 378 g/mol. The van der Waals surface area contributed by atoms with Crippen molar-refractivity contribution < 1.29 is 19.1 Å². The molecule has 1 heterocycles. The van der Waals surface area contributed by atoms with Crippen LogP contribution in [0.3, 0.4) is 0 Å². The Morgan fingerprint density at radius 1 is 1.25 bits per heavy atom. The Morgan fingerprint density at radius 3 is 2.64 bits per heavy atom. The SMILES string of the molecule is CCOC(=O)Cc1csc(NC(=O)C(NC(=O)c2cccc(C)c2)C(C)C)n1. The molecule has 0 aliphatic rings. The van der Waals surface area contributed by atoms with Gasteiger partial charge in [0.25, 0.3) is 5.91 Å². The van der Waals surface area contributed by atoms with Crippen molar-refractivity contribution in [3.8, 4) is 0 Å². The summed E-state index contributed by atoms with van der Waals surface area (Å²) >= 11 is 1.22. The standard InChI is InChI=1S/C20H25N3O4S/c1-5-27-16(24)10-15-11-28-20(21-15)23-19(26)17(12(2)3)22-18(25)14-8-6-7-13(4)9-14/h6-9,11-12,17H,5,10H2,1-4H3,(H,22,25)(H,21,23,26). The van der Waals surface area contributed by atoms with Crippen LogP contribution in [0, 0.1) is 12.8 Å². The summed E-state index contributed by atoms with van der Waals surface area (Å²) in [5.41, 5.74) is 2.00. The minimum absolute atomic E-state index is 0.0535. The Kier molecular flexibility index (Phi) is 7.69. The van der Waals surface area contributed by atoms with Gasteiger partial charge >= 0.3 is 5.97 Å². The lowest BCUT2D eigenvalue weighted by atomic mass is 10.0. The highest BCUT2D eigenvalue weighted by Crippen LogP contribution is 2.17. The summed E-state index contributed by atoms with van der Waals surface area (Å²) in [6, 6.07) is 6.47. The van der Waals surface area contributed by atoms with Gasteiger partial charge in [-0.25, -0.2) is 4.98 Å². The Labute approximate surface area is 168 Å². The zero-order valence-electron chi connectivity index (χ0n) is 16.4. The molecule has 0 spiro atoms. The van der Waals surface area contributed by atoms with Crippen molar-refractivity contribution in [3.63, 3.8) is 0 Å². The van der Waals surface area contributed by atoms with E-state index in [1.807, 2.05) is 26.8 Å². The summed E-state index contributed by atoms with van der Waals surface area (Å²) in [5, 5.41) is 7.58. The molecule has 150 valence electrons. The van der Waals surface area contributed by atoms with E-state index in [1.54, 1.807) is 30.5 Å². The molecule has 1 aromatic carbocycles. The molecule has 0 aliphatic carbocycles. The number of esters is 1. The minimum Gasteiger partial charge on any atom is -0.466 e. The van der Waals surface area contributed by atoms with Crippen LogP contribution < -0.4 is 10.6 Å². The van der Waals surface area contributed by atoms with Gasteiger partial charge < -0.3 is 15.4 Å². The van der Waals surface area contributed by atoms with Crippen molar-refractivity contribution in [1.82, 2.24) is 10.3 Å². The van der Waals surface area contributed by atoms with Gasteiger partial charge in [0.1, 0.15) is 6.04 Å². The normalized spacial score (nSPS) is 11.8. The molecule has 7 nitrogen and oxygen atoms in total. The number of anilines is 1. The molecule has 0 saturated carbocycles. The number of carbonyl (C=O) groups excluding carboxylic acids is 3. The van der Waals surface area contributed by atoms with E-state index in [1.165, 1.54) is 11.3 Å². The first-order chi connectivity index (χ1) is 13.3. The largest absolute Gasteiger partial charge is 0.466 e. The van der Waals surface area contributed by atoms with Gasteiger partial charge in [-0.05, 0) is 31.9 Å². The van der Waals surface area contributed by atoms with Gasteiger partial charge in [0, 0.05) is 10.9 Å². The Balaban J connectivity index is 2.02. The molecule has 28 heavy (non-hydrogen) atoms. The van der Waals surface area contributed by atoms with E-state index in [4.69, 9.17) is 4.74 Å². The number of hydrogen-bond donors (Lipinski definition) is 2. The number of ether oxygens (including phenoxy) is 1. The topological polar surface area (TPSA) is 97.4 Å². The number of aromatic nitrogens is 1. The minimum atomic E-state index is -0.717. The monoisotopic (exact) mass is 403 g/mol. The molecule has 1 atom stereocenters. The van der Waals surface area contributed by atoms with E-state index in [2.05, 4.69) is 15.6 Å². The molecule has 2 rings (SSSR count). The lowest BCUT2D eigenvalue weighted by Crippen LogP contribution is -2.47. The molecule has 1 aromatic heterocycles. The molecule has 0 fully saturated rings. The molecule has 0 aliphatic heterocycles. The third-order valence-corrected chi connectivity index (χ3v) is 4.74. The zero-order valence-corrected chi connectivity index (χ0v) is 17.3. The van der Waals surface area contributed by atoms with Gasteiger partial charge in [-0.1, -0.05) is 31.5 Å². The lowest BCUT2D eigenvalue weighted by Gasteiger charge is -2.21. The second-order valence-corrected chi connectivity index (χ2v) is 7.54. The van der Waals surface area contributed by atoms with Crippen molar-refractivity contribution in [2.45, 2.75) is 40.2 Å². The number of carbonyl (C=O) groups is 3. The molecule has 8 heteroatoms. The molecule has 2 aromatic rings. The lowest BCUT2D eigenvalue weighted by molar-refractivity contribution is -0.142. The Bertz CT molecular complexity index is 847. The van der Waals surface area contributed by atoms with Crippen LogP contribution in [0.2, 0.25) is 0 Å². The highest BCUT2D eigenvalue weighted by molar-refractivity contribution is 7.13. The van der Waals surface area contributed by atoms with E-state index < -0.39 is 6.04 Å². The van der Waals surface area contributed by atoms with Gasteiger partial charge in [0.05, 0.1) is 18.7 Å². The number of rotatable bonds is 8. The van der Waals surface area contributed by atoms with Crippen molar-refractivity contribution >= 4 is 34.3 Å². The van der Waals surface area contributed by atoms with Crippen molar-refractivity contribution in [2.75, 3.05) is 11.9 Å². The smallest absolute Gasteiger partial charge is 0.311 e. The van der Waals surface area contributed by atoms with Crippen LogP contribution in [0.25, 0.3) is 0 Å². The van der Waals surface area contributed by atoms with Crippen LogP contribution in [-0.2, 0) is 20.7 Å². The predicted octanol–water partition coefficient (Wildman–Crippen LogP) is 2.95. The number of amides is 2. The maximum absolute atomic E-state index is 12.7. The molecule has 0 radical (unpaired) electrons. The van der Waals surface area contributed by atoms with Crippen LogP contribution >= 0.6 is 11.3 Å². The predicted molar refractivity (Wildman–Crippen MR) is 108 cm³/mol. The van der Waals surface area contributed by atoms with E-state index in [0.717, 1.165) is 5.56 Å². The number of benzene rings is 1. The Morgan fingerprint density at radius 2 is 2.00 bits per heavy atom. The summed E-state index contributed by atoms with van der Waals surface area (Å²) in [5.74, 6) is -1.14. The van der Waals surface area contributed by atoms with E-state index in [0.29, 0.717) is 23.0 Å². The second-order valence-electron chi connectivity index (χ2n) is 6.68. The second kappa shape index (κ2) is 9.98. The van der Waals surface area contributed by atoms with Crippen molar-refractivity contribution in [3.05, 3.63) is 46.5 Å². The van der Waals surface area contributed by atoms with Gasteiger partial charge in [0.15, 0.2) is 5.13 Å². The summed E-state index contributed by atoms with van der Waals surface area (Å²) in [6.45, 7) is 7.66. The van der Waals surface area contributed by atoms with Crippen LogP contribution in [0.5, 0.6) is 0 Å². The van der Waals surface area contributed by atoms with E-state index in [-0.39, 0.29) is 30.1 Å². The number of thiazole rings is 1. The van der Waals surface area contributed by atoms with Gasteiger partial charge in [-0.2, -0.15) is 0 Å². The summed E-state index contributed by atoms with van der Waals surface area (Å²) in [4.78, 5) is 40.9. The van der Waals surface area contributed by atoms with Gasteiger partial charge in [-0.15, -0.1) is 11.3 Å². The van der Waals surface area contributed by atoms with Crippen molar-refractivity contribution in [1.29, 1.82) is 0 Å². The molecular formula is C20H25N3O4S. The van der Waals surface area contributed by atoms with Crippen LogP contribution in [0.15, 0.2) is 29.6 Å². The molecule has 2 amide bonds. The molecule has 1 unspecified atom stereocenters. The quantitative estimate of drug-likeness (QED) is 0.661. The number of aryl methyl sites for hydroxylation is 1. The maximum atomic E-state index is 12.7. The first kappa shape index (κ1) is 21.6. The number of hydrogen-bond acceptors (Lipinski definition) is 6. The third-order valence-electron chi connectivity index (χ3n) is 3.93. The summed E-state index contributed by atoms with van der Waals surface area (Å²) in [7, 11) is 0. The average Bonchev–Trinajstić information content (AvgIpc) is 3.05. The first-order valence-electron chi connectivity index (χ1n) is 9.08. The van der Waals surface area contributed by atoms with Gasteiger partial charge in [0.2, 0.25) is 5.91 Å². The molecule has 0 saturated heterocycles. The summed E-state index contributed by atoms with van der Waals surface area (Å²) < 4.78 is 4.89. The van der Waals surface area contributed by atoms with E-state index >= 15 is 0 Å². The highest BCUT2D eigenvalue weighted by Gasteiger charge is 2.25. The fourth-order valence-electron chi connectivity index (χ4n) is 2.53. The van der Waals surface area contributed by atoms with Crippen molar-refractivity contribution in [2.24, 2.45) is 5.92 Å².